The van der Waals surface area contributed by atoms with E-state index in [2.05, 4.69) is 17.9 Å². The van der Waals surface area contributed by atoms with Crippen molar-refractivity contribution < 1.29 is 14.3 Å². The SMILES string of the molecule is CCOc1ccc([C@@H]2CC(=O)O[C@@H](CCC#Cc3ccc(C#N)cc3)C2)cc1. The molecule has 2 atom stereocenters. The van der Waals surface area contributed by atoms with Crippen molar-refractivity contribution >= 4 is 5.97 Å². The zero-order chi connectivity index (χ0) is 19.8. The lowest BCUT2D eigenvalue weighted by Gasteiger charge is -2.29. The molecule has 1 saturated heterocycles. The van der Waals surface area contributed by atoms with Crippen molar-refractivity contribution in [3.63, 3.8) is 0 Å². The maximum atomic E-state index is 12.0. The molecule has 1 fully saturated rings. The van der Waals surface area contributed by atoms with E-state index in [-0.39, 0.29) is 18.0 Å². The average molecular weight is 373 g/mol. The smallest absolute Gasteiger partial charge is 0.306 e. The average Bonchev–Trinajstić information content (AvgIpc) is 2.72. The number of benzene rings is 2. The normalized spacial score (nSPS) is 18.4. The molecule has 1 heterocycles. The summed E-state index contributed by atoms with van der Waals surface area (Å²) >= 11 is 0. The first-order chi connectivity index (χ1) is 13.7. The van der Waals surface area contributed by atoms with E-state index < -0.39 is 0 Å². The van der Waals surface area contributed by atoms with E-state index in [1.54, 1.807) is 12.1 Å². The van der Waals surface area contributed by atoms with Crippen molar-refractivity contribution in [2.24, 2.45) is 0 Å². The zero-order valence-electron chi connectivity index (χ0n) is 16.0. The van der Waals surface area contributed by atoms with Crippen molar-refractivity contribution in [3.8, 4) is 23.7 Å². The third kappa shape index (κ3) is 5.38. The quantitative estimate of drug-likeness (QED) is 0.569. The third-order valence-corrected chi connectivity index (χ3v) is 4.76. The van der Waals surface area contributed by atoms with E-state index in [9.17, 15) is 4.79 Å². The lowest BCUT2D eigenvalue weighted by atomic mass is 9.87. The van der Waals surface area contributed by atoms with Crippen molar-refractivity contribution in [3.05, 3.63) is 65.2 Å². The number of ether oxygens (including phenoxy) is 2. The molecule has 1 aliphatic rings. The Hall–Kier alpha value is -3.24. The molecule has 2 aromatic carbocycles. The summed E-state index contributed by atoms with van der Waals surface area (Å²) < 4.78 is 11.0. The monoisotopic (exact) mass is 373 g/mol. The Kier molecular flexibility index (Phi) is 6.71. The van der Waals surface area contributed by atoms with Gasteiger partial charge in [0.15, 0.2) is 0 Å². The van der Waals surface area contributed by atoms with E-state index in [0.29, 0.717) is 25.0 Å². The van der Waals surface area contributed by atoms with Gasteiger partial charge in [0.2, 0.25) is 0 Å². The van der Waals surface area contributed by atoms with E-state index >= 15 is 0 Å². The Morgan fingerprint density at radius 3 is 2.50 bits per heavy atom. The van der Waals surface area contributed by atoms with Gasteiger partial charge >= 0.3 is 5.97 Å². The van der Waals surface area contributed by atoms with Gasteiger partial charge in [-0.2, -0.15) is 5.26 Å². The number of rotatable bonds is 5. The third-order valence-electron chi connectivity index (χ3n) is 4.76. The van der Waals surface area contributed by atoms with Crippen molar-refractivity contribution in [2.45, 2.75) is 44.6 Å². The summed E-state index contributed by atoms with van der Waals surface area (Å²) in [6, 6.07) is 17.3. The molecule has 0 saturated carbocycles. The molecule has 0 N–H and O–H groups in total. The Labute approximate surface area is 166 Å². The fraction of sp³-hybridized carbons (Fsp3) is 0.333. The number of hydrogen-bond donors (Lipinski definition) is 0. The van der Waals surface area contributed by atoms with Crippen molar-refractivity contribution in [2.75, 3.05) is 6.61 Å². The van der Waals surface area contributed by atoms with Gasteiger partial charge in [-0.15, -0.1) is 0 Å². The number of nitrogens with zero attached hydrogens (tertiary/aromatic N) is 1. The highest BCUT2D eigenvalue weighted by molar-refractivity contribution is 5.71. The van der Waals surface area contributed by atoms with Crippen LogP contribution in [0.1, 0.15) is 55.2 Å². The molecule has 4 heteroatoms. The molecule has 2 aromatic rings. The number of cyclic esters (lactones) is 1. The van der Waals surface area contributed by atoms with Gasteiger partial charge in [0, 0.05) is 12.0 Å². The van der Waals surface area contributed by atoms with Gasteiger partial charge in [0.05, 0.1) is 24.7 Å². The molecule has 142 valence electrons. The second-order valence-electron chi connectivity index (χ2n) is 6.78. The van der Waals surface area contributed by atoms with E-state index in [4.69, 9.17) is 14.7 Å². The van der Waals surface area contributed by atoms with Crippen LogP contribution in [0, 0.1) is 23.2 Å². The summed E-state index contributed by atoms with van der Waals surface area (Å²) in [5, 5.41) is 8.82. The van der Waals surface area contributed by atoms with Gasteiger partial charge in [-0.3, -0.25) is 4.79 Å². The lowest BCUT2D eigenvalue weighted by molar-refractivity contribution is -0.155. The molecular weight excluding hydrogens is 350 g/mol. The number of hydrogen-bond acceptors (Lipinski definition) is 4. The molecule has 0 aliphatic carbocycles. The topological polar surface area (TPSA) is 59.3 Å². The summed E-state index contributed by atoms with van der Waals surface area (Å²) in [7, 11) is 0. The second-order valence-corrected chi connectivity index (χ2v) is 6.78. The van der Waals surface area contributed by atoms with Crippen LogP contribution < -0.4 is 4.74 Å². The summed E-state index contributed by atoms with van der Waals surface area (Å²) in [6.07, 6.45) is 2.52. The van der Waals surface area contributed by atoms with Gasteiger partial charge in [-0.05, 0) is 67.6 Å². The maximum absolute atomic E-state index is 12.0. The summed E-state index contributed by atoms with van der Waals surface area (Å²) in [6.45, 7) is 2.60. The van der Waals surface area contributed by atoms with Gasteiger partial charge in [0.1, 0.15) is 11.9 Å². The first kappa shape index (κ1) is 19.5. The van der Waals surface area contributed by atoms with Crippen LogP contribution in [0.25, 0.3) is 0 Å². The van der Waals surface area contributed by atoms with Gasteiger partial charge in [-0.1, -0.05) is 24.0 Å². The second kappa shape index (κ2) is 9.62. The van der Waals surface area contributed by atoms with Crippen LogP contribution in [-0.4, -0.2) is 18.7 Å². The predicted molar refractivity (Wildman–Crippen MR) is 107 cm³/mol. The van der Waals surface area contributed by atoms with Crippen LogP contribution in [0.15, 0.2) is 48.5 Å². The van der Waals surface area contributed by atoms with Crippen LogP contribution in [0.4, 0.5) is 0 Å². The standard InChI is InChI=1S/C24H23NO3/c1-2-27-22-13-11-20(12-14-22)21-15-23(28-24(26)16-21)6-4-3-5-18-7-9-19(17-25)10-8-18/h7-14,21,23H,2,4,6,15-16H2,1H3/t21-,23-/m0/s1. The largest absolute Gasteiger partial charge is 0.494 e. The molecule has 0 unspecified atom stereocenters. The molecule has 0 spiro atoms. The highest BCUT2D eigenvalue weighted by atomic mass is 16.5. The minimum absolute atomic E-state index is 0.104. The molecule has 0 radical (unpaired) electrons. The molecule has 0 aromatic heterocycles. The fourth-order valence-corrected chi connectivity index (χ4v) is 3.34. The Bertz CT molecular complexity index is 898. The molecular formula is C24H23NO3. The van der Waals surface area contributed by atoms with Crippen LogP contribution in [0.5, 0.6) is 5.75 Å². The van der Waals surface area contributed by atoms with Crippen LogP contribution >= 0.6 is 0 Å². The van der Waals surface area contributed by atoms with Gasteiger partial charge in [-0.25, -0.2) is 0 Å². The number of esters is 1. The van der Waals surface area contributed by atoms with Crippen LogP contribution in [0.3, 0.4) is 0 Å². The molecule has 28 heavy (non-hydrogen) atoms. The van der Waals surface area contributed by atoms with Crippen LogP contribution in [0.2, 0.25) is 0 Å². The van der Waals surface area contributed by atoms with E-state index in [1.807, 2.05) is 43.3 Å². The molecule has 4 nitrogen and oxygen atoms in total. The van der Waals surface area contributed by atoms with E-state index in [1.165, 1.54) is 0 Å². The first-order valence-electron chi connectivity index (χ1n) is 9.59. The number of carbonyl (C=O) groups excluding carboxylic acids is 1. The van der Waals surface area contributed by atoms with Gasteiger partial charge < -0.3 is 9.47 Å². The molecule has 0 amide bonds. The lowest BCUT2D eigenvalue weighted by Crippen LogP contribution is -2.28. The zero-order valence-corrected chi connectivity index (χ0v) is 16.0. The fourth-order valence-electron chi connectivity index (χ4n) is 3.34. The number of carbonyl (C=O) groups is 1. The molecule has 3 rings (SSSR count). The Morgan fingerprint density at radius 2 is 1.82 bits per heavy atom. The van der Waals surface area contributed by atoms with Crippen molar-refractivity contribution in [1.82, 2.24) is 0 Å². The molecule has 0 bridgehead atoms. The minimum atomic E-state index is -0.143. The summed E-state index contributed by atoms with van der Waals surface area (Å²) in [5.41, 5.74) is 2.65. The maximum Gasteiger partial charge on any atom is 0.306 e. The Morgan fingerprint density at radius 1 is 1.11 bits per heavy atom. The minimum Gasteiger partial charge on any atom is -0.494 e. The number of nitriles is 1. The highest BCUT2D eigenvalue weighted by Crippen LogP contribution is 2.33. The first-order valence-corrected chi connectivity index (χ1v) is 9.59. The molecule has 1 aliphatic heterocycles. The Balaban J connectivity index is 1.55. The van der Waals surface area contributed by atoms with E-state index in [0.717, 1.165) is 29.7 Å². The van der Waals surface area contributed by atoms with Gasteiger partial charge in [0.25, 0.3) is 0 Å². The van der Waals surface area contributed by atoms with Crippen LogP contribution in [-0.2, 0) is 9.53 Å². The highest BCUT2D eigenvalue weighted by Gasteiger charge is 2.29. The summed E-state index contributed by atoms with van der Waals surface area (Å²) in [4.78, 5) is 12.0. The van der Waals surface area contributed by atoms with Crippen molar-refractivity contribution in [1.29, 1.82) is 5.26 Å². The summed E-state index contributed by atoms with van der Waals surface area (Å²) in [5.74, 6) is 7.11. The predicted octanol–water partition coefficient (Wildman–Crippen LogP) is 4.58.